The normalized spacial score (nSPS) is 12.2. The summed E-state index contributed by atoms with van der Waals surface area (Å²) in [7, 11) is 13.5. The van der Waals surface area contributed by atoms with Gasteiger partial charge in [-0.05, 0) is 0 Å². The monoisotopic (exact) mass is 453 g/mol. The fourth-order valence-corrected chi connectivity index (χ4v) is 2.26. The number of aliphatic imine (C=N–C) groups is 3. The molecule has 0 saturated heterocycles. The molecule has 0 aromatic carbocycles. The maximum absolute atomic E-state index is 8.28. The summed E-state index contributed by atoms with van der Waals surface area (Å²) in [6, 6.07) is 0. The molecule has 0 bridgehead atoms. The van der Waals surface area contributed by atoms with Crippen molar-refractivity contribution in [1.82, 2.24) is 29.4 Å². The average Bonchev–Trinajstić information content (AvgIpc) is 2.73. The van der Waals surface area contributed by atoms with Gasteiger partial charge in [0, 0.05) is 62.9 Å². The van der Waals surface area contributed by atoms with Gasteiger partial charge >= 0.3 is 0 Å². The van der Waals surface area contributed by atoms with Gasteiger partial charge < -0.3 is 36.8 Å². The van der Waals surface area contributed by atoms with E-state index in [4.69, 9.17) is 33.4 Å². The Balaban J connectivity index is 5.37. The highest BCUT2D eigenvalue weighted by Gasteiger charge is 2.19. The van der Waals surface area contributed by atoms with Crippen molar-refractivity contribution >= 4 is 35.8 Å². The van der Waals surface area contributed by atoms with Crippen LogP contribution in [-0.2, 0) is 0 Å². The minimum absolute atomic E-state index is 0.0406. The highest BCUT2D eigenvalue weighted by Crippen LogP contribution is 2.00. The van der Waals surface area contributed by atoms with Gasteiger partial charge in [-0.3, -0.25) is 36.0 Å². The molecule has 0 aliphatic rings. The van der Waals surface area contributed by atoms with E-state index in [-0.39, 0.29) is 36.5 Å². The second-order valence-corrected chi connectivity index (χ2v) is 7.24. The maximum atomic E-state index is 8.28. The van der Waals surface area contributed by atoms with Crippen LogP contribution in [0, 0.1) is 16.2 Å². The Hall–Kier alpha value is -3.78. The fourth-order valence-electron chi connectivity index (χ4n) is 2.26. The number of nitrogens with two attached hydrogens (primary N) is 3. The molecule has 0 unspecified atom stereocenters. The lowest BCUT2D eigenvalue weighted by Gasteiger charge is -2.34. The quantitative estimate of drug-likeness (QED) is 0.148. The molecule has 15 heteroatoms. The molecule has 0 aromatic rings. The molecule has 0 amide bonds. The standard InChI is InChI=1S/C17H39N15/c1-24-13(20)32(8)16(23)29(5)11-30(6)17(31(7)12(18)19)25-9-10-28(4)15(22)26-14(21)27(2)3/h23H,9-11H2,1-8H3,(H3,18,19)(H2,20,24)(H3,21,22,26). The zero-order chi connectivity index (χ0) is 25.2. The summed E-state index contributed by atoms with van der Waals surface area (Å²) >= 11 is 0. The van der Waals surface area contributed by atoms with Gasteiger partial charge in [-0.25, -0.2) is 0 Å². The van der Waals surface area contributed by atoms with Crippen molar-refractivity contribution in [2.45, 2.75) is 0 Å². The van der Waals surface area contributed by atoms with E-state index in [0.717, 1.165) is 0 Å². The van der Waals surface area contributed by atoms with E-state index in [1.807, 2.05) is 0 Å². The largest absolute Gasteiger partial charge is 0.370 e. The molecule has 182 valence electrons. The van der Waals surface area contributed by atoms with E-state index in [2.05, 4.69) is 15.0 Å². The van der Waals surface area contributed by atoms with E-state index >= 15 is 0 Å². The molecule has 0 heterocycles. The Morgan fingerprint density at radius 1 is 0.781 bits per heavy atom. The van der Waals surface area contributed by atoms with Crippen LogP contribution in [0.25, 0.3) is 0 Å². The first-order valence-corrected chi connectivity index (χ1v) is 9.64. The van der Waals surface area contributed by atoms with Gasteiger partial charge in [0.2, 0.25) is 17.9 Å². The van der Waals surface area contributed by atoms with Crippen molar-refractivity contribution in [1.29, 1.82) is 16.2 Å². The summed E-state index contributed by atoms with van der Waals surface area (Å²) in [6.45, 7) is 1.03. The zero-order valence-corrected chi connectivity index (χ0v) is 20.4. The number of nitrogens with zero attached hydrogens (tertiary/aromatic N) is 9. The van der Waals surface area contributed by atoms with Crippen molar-refractivity contribution in [3.63, 3.8) is 0 Å². The molecule has 0 radical (unpaired) electrons. The third-order valence-electron chi connectivity index (χ3n) is 4.40. The Kier molecular flexibility index (Phi) is 11.3. The van der Waals surface area contributed by atoms with E-state index in [1.54, 1.807) is 76.0 Å². The van der Waals surface area contributed by atoms with Crippen LogP contribution in [0.15, 0.2) is 15.0 Å². The Labute approximate surface area is 190 Å². The van der Waals surface area contributed by atoms with Gasteiger partial charge in [0.15, 0.2) is 17.9 Å². The predicted molar refractivity (Wildman–Crippen MR) is 131 cm³/mol. The summed E-state index contributed by atoms with van der Waals surface area (Å²) in [5.74, 6) is 0.836. The lowest BCUT2D eigenvalue weighted by atomic mass is 10.5. The number of hydrogen-bond acceptors (Lipinski definition) is 5. The fraction of sp³-hybridized carbons (Fsp3) is 0.647. The summed E-state index contributed by atoms with van der Waals surface area (Å²) in [4.78, 5) is 22.0. The van der Waals surface area contributed by atoms with Gasteiger partial charge in [0.25, 0.3) is 0 Å². The summed E-state index contributed by atoms with van der Waals surface area (Å²) < 4.78 is 0. The molecule has 0 saturated carbocycles. The predicted octanol–water partition coefficient (Wildman–Crippen LogP) is -2.46. The lowest BCUT2D eigenvalue weighted by molar-refractivity contribution is 0.305. The number of hydrogen-bond donors (Lipinski definition) is 6. The van der Waals surface area contributed by atoms with Crippen LogP contribution in [0.2, 0.25) is 0 Å². The molecular weight excluding hydrogens is 414 g/mol. The number of likely N-dealkylation sites (N-methyl/N-ethyl adjacent to an activating group) is 1. The van der Waals surface area contributed by atoms with Crippen LogP contribution in [0.1, 0.15) is 0 Å². The van der Waals surface area contributed by atoms with E-state index in [1.165, 1.54) is 9.80 Å². The van der Waals surface area contributed by atoms with Crippen molar-refractivity contribution in [3.8, 4) is 0 Å². The van der Waals surface area contributed by atoms with Crippen LogP contribution in [0.3, 0.4) is 0 Å². The van der Waals surface area contributed by atoms with Crippen molar-refractivity contribution < 1.29 is 0 Å². The first kappa shape index (κ1) is 28.2. The second kappa shape index (κ2) is 12.8. The van der Waals surface area contributed by atoms with Crippen molar-refractivity contribution in [2.24, 2.45) is 32.2 Å². The molecule has 0 spiro atoms. The molecule has 0 rings (SSSR count). The Morgan fingerprint density at radius 3 is 1.81 bits per heavy atom. The smallest absolute Gasteiger partial charge is 0.220 e. The summed E-state index contributed by atoms with van der Waals surface area (Å²) in [5.41, 5.74) is 17.4. The average molecular weight is 454 g/mol. The van der Waals surface area contributed by atoms with Gasteiger partial charge in [0.05, 0.1) is 13.2 Å². The van der Waals surface area contributed by atoms with Crippen LogP contribution in [-0.4, -0.2) is 141 Å². The van der Waals surface area contributed by atoms with Crippen molar-refractivity contribution in [3.05, 3.63) is 0 Å². The molecule has 15 nitrogen and oxygen atoms in total. The van der Waals surface area contributed by atoms with Crippen molar-refractivity contribution in [2.75, 3.05) is 76.1 Å². The maximum Gasteiger partial charge on any atom is 0.220 e. The van der Waals surface area contributed by atoms with Crippen LogP contribution in [0.5, 0.6) is 0 Å². The molecule has 9 N–H and O–H groups in total. The first-order valence-electron chi connectivity index (χ1n) is 9.64. The lowest BCUT2D eigenvalue weighted by Crippen LogP contribution is -2.53. The van der Waals surface area contributed by atoms with Crippen LogP contribution >= 0.6 is 0 Å². The van der Waals surface area contributed by atoms with E-state index in [9.17, 15) is 0 Å². The zero-order valence-electron chi connectivity index (χ0n) is 20.4. The Morgan fingerprint density at radius 2 is 1.34 bits per heavy atom. The topological polar surface area (TPSA) is 206 Å². The number of guanidine groups is 6. The number of rotatable bonds is 5. The third kappa shape index (κ3) is 8.53. The van der Waals surface area contributed by atoms with Crippen LogP contribution < -0.4 is 17.2 Å². The van der Waals surface area contributed by atoms with E-state index in [0.29, 0.717) is 19.0 Å². The van der Waals surface area contributed by atoms with E-state index < -0.39 is 0 Å². The summed E-state index contributed by atoms with van der Waals surface area (Å²) in [6.07, 6.45) is 0. The SMILES string of the molecule is CN=C(N)N(C)C(=N)N(C)CN(C)C(=NCCN(C)C(N)=NC(=N)N(C)C)N(C)C(=N)N. The second-order valence-electron chi connectivity index (χ2n) is 7.24. The molecule has 0 aliphatic carbocycles. The minimum Gasteiger partial charge on any atom is -0.370 e. The Bertz CT molecular complexity index is 753. The molecule has 32 heavy (non-hydrogen) atoms. The van der Waals surface area contributed by atoms with Gasteiger partial charge in [-0.1, -0.05) is 0 Å². The van der Waals surface area contributed by atoms with Crippen LogP contribution in [0.4, 0.5) is 0 Å². The van der Waals surface area contributed by atoms with Gasteiger partial charge in [-0.2, -0.15) is 4.99 Å². The highest BCUT2D eigenvalue weighted by molar-refractivity contribution is 5.97. The van der Waals surface area contributed by atoms with Gasteiger partial charge in [0.1, 0.15) is 0 Å². The first-order chi connectivity index (χ1) is 14.7. The minimum atomic E-state index is -0.179. The molecule has 0 atom stereocenters. The molecule has 0 fully saturated rings. The summed E-state index contributed by atoms with van der Waals surface area (Å²) in [5, 5.41) is 23.8. The highest BCUT2D eigenvalue weighted by atomic mass is 15.5. The van der Waals surface area contributed by atoms with Gasteiger partial charge in [-0.15, -0.1) is 0 Å². The number of nitrogens with one attached hydrogen (secondary N) is 3. The molecule has 0 aromatic heterocycles. The third-order valence-corrected chi connectivity index (χ3v) is 4.40. The molecule has 0 aliphatic heterocycles. The molecular formula is C17H39N15.